The fraction of sp³-hybridized carbons (Fsp3) is 0.944. The molecule has 0 rings (SSSR count). The Hall–Kier alpha value is -0.860. The van der Waals surface area contributed by atoms with Gasteiger partial charge in [-0.1, -0.05) is 335 Å². The number of aliphatic carboxylic acids is 2. The number of carbonyl (C=O) groups excluding carboxylic acids is 4. The molecule has 0 saturated heterocycles. The van der Waals surface area contributed by atoms with Crippen molar-refractivity contribution in [1.82, 2.24) is 0 Å². The number of ether oxygens (including phenoxy) is 2. The van der Waals surface area contributed by atoms with Gasteiger partial charge in [-0.2, -0.15) is 0 Å². The van der Waals surface area contributed by atoms with Crippen molar-refractivity contribution in [3.05, 3.63) is 0 Å². The van der Waals surface area contributed by atoms with E-state index in [1.54, 1.807) is 0 Å². The monoisotopic (exact) mass is 1170 g/mol. The maximum absolute atomic E-state index is 12.1. The summed E-state index contributed by atoms with van der Waals surface area (Å²) in [5.74, 6) is -1.84. The first kappa shape index (κ1) is 84.3. The van der Waals surface area contributed by atoms with Crippen molar-refractivity contribution >= 4 is 61.6 Å². The molecule has 0 aliphatic carbocycles. The van der Waals surface area contributed by atoms with Crippen LogP contribution in [0, 0.1) is 0 Å². The van der Waals surface area contributed by atoms with Gasteiger partial charge < -0.3 is 29.3 Å². The van der Waals surface area contributed by atoms with E-state index in [0.717, 1.165) is 89.9 Å². The quantitative estimate of drug-likeness (QED) is 0.0334. The number of hydrogen-bond acceptors (Lipinski definition) is 8. The molecule has 0 aromatic carbocycles. The van der Waals surface area contributed by atoms with Crippen molar-refractivity contribution in [2.45, 2.75) is 438 Å². The van der Waals surface area contributed by atoms with Crippen LogP contribution in [-0.4, -0.2) is 73.8 Å². The third kappa shape index (κ3) is 79.1. The van der Waals surface area contributed by atoms with Gasteiger partial charge in [-0.05, 0) is 78.1 Å². The van der Waals surface area contributed by atoms with E-state index in [-0.39, 0.29) is 74.7 Å². The molecule has 8 nitrogen and oxygen atoms in total. The van der Waals surface area contributed by atoms with Gasteiger partial charge in [0.05, 0.1) is 12.2 Å². The molecule has 0 aromatic rings. The van der Waals surface area contributed by atoms with Gasteiger partial charge in [0.2, 0.25) is 0 Å². The fourth-order valence-electron chi connectivity index (χ4n) is 11.3. The predicted molar refractivity (Wildman–Crippen MR) is 344 cm³/mol. The Balaban J connectivity index is -0.00000148. The number of unbranched alkanes of at least 4 members (excludes halogenated alkanes) is 52. The molecule has 0 spiro atoms. The minimum absolute atomic E-state index is 0. The summed E-state index contributed by atoms with van der Waals surface area (Å²) in [5, 5.41) is 20.7. The van der Waals surface area contributed by atoms with E-state index < -0.39 is 11.9 Å². The first-order valence-corrected chi connectivity index (χ1v) is 35.9. The molecule has 0 N–H and O–H groups in total. The maximum Gasteiger partial charge on any atom is 2.00 e. The van der Waals surface area contributed by atoms with Crippen LogP contribution >= 0.6 is 0 Å². The third-order valence-corrected chi connectivity index (χ3v) is 16.6. The molecule has 81 heavy (non-hydrogen) atoms. The van der Waals surface area contributed by atoms with E-state index in [1.165, 1.54) is 283 Å². The summed E-state index contributed by atoms with van der Waals surface area (Å²) in [7, 11) is 0. The molecule has 0 aromatic heterocycles. The number of rotatable bonds is 66. The molecule has 0 saturated carbocycles. The summed E-state index contributed by atoms with van der Waals surface area (Å²) in [6, 6.07) is 0. The Morgan fingerprint density at radius 3 is 0.568 bits per heavy atom. The second kappa shape index (κ2) is 73.4. The van der Waals surface area contributed by atoms with Crippen LogP contribution in [0.2, 0.25) is 0 Å². The first-order chi connectivity index (χ1) is 39.1. The Kier molecular flexibility index (Phi) is 76.4. The van der Waals surface area contributed by atoms with E-state index >= 15 is 0 Å². The molecular formula is C72H138CaO8. The van der Waals surface area contributed by atoms with Crippen LogP contribution in [0.15, 0.2) is 0 Å². The average Bonchev–Trinajstić information content (AvgIpc) is 3.42. The van der Waals surface area contributed by atoms with Crippen molar-refractivity contribution in [1.29, 1.82) is 0 Å². The van der Waals surface area contributed by atoms with E-state index in [0.29, 0.717) is 12.8 Å². The van der Waals surface area contributed by atoms with Crippen molar-refractivity contribution in [2.24, 2.45) is 0 Å². The number of esters is 2. The van der Waals surface area contributed by atoms with Gasteiger partial charge in [0.25, 0.3) is 0 Å². The molecular weight excluding hydrogens is 1030 g/mol. The van der Waals surface area contributed by atoms with Crippen LogP contribution in [-0.2, 0) is 28.7 Å². The van der Waals surface area contributed by atoms with E-state index in [9.17, 15) is 29.4 Å². The third-order valence-electron chi connectivity index (χ3n) is 16.6. The summed E-state index contributed by atoms with van der Waals surface area (Å²) in [5.41, 5.74) is 0. The smallest absolute Gasteiger partial charge is 0.550 e. The molecule has 0 aliphatic rings. The molecule has 0 heterocycles. The standard InChI is InChI=1S/2C36H70O4.Ca/c2*1-3-4-5-6-7-8-9-10-11-15-18-21-24-27-30-33-36(39)40-34(2)31-28-25-22-19-16-13-12-14-17-20-23-26-29-32-35(37)38;/h2*34H,3-33H2,1-2H3,(H,37,38);/q;;+2/p-2. The normalized spacial score (nSPS) is 11.9. The number of carboxylic acids is 2. The second-order valence-corrected chi connectivity index (χ2v) is 25.0. The zero-order valence-electron chi connectivity index (χ0n) is 55.0. The summed E-state index contributed by atoms with van der Waals surface area (Å²) in [4.78, 5) is 45.0. The van der Waals surface area contributed by atoms with Crippen molar-refractivity contribution < 1.29 is 38.9 Å². The molecule has 9 heteroatoms. The largest absolute Gasteiger partial charge is 2.00 e. The van der Waals surface area contributed by atoms with Crippen molar-refractivity contribution in [2.75, 3.05) is 0 Å². The van der Waals surface area contributed by atoms with Gasteiger partial charge in [-0.15, -0.1) is 0 Å². The zero-order chi connectivity index (χ0) is 58.7. The number of carbonyl (C=O) groups is 4. The second-order valence-electron chi connectivity index (χ2n) is 25.0. The molecule has 0 bridgehead atoms. The van der Waals surface area contributed by atoms with Crippen molar-refractivity contribution in [3.8, 4) is 0 Å². The molecule has 0 fully saturated rings. The van der Waals surface area contributed by atoms with E-state index in [1.807, 2.05) is 13.8 Å². The Morgan fingerprint density at radius 2 is 0.395 bits per heavy atom. The van der Waals surface area contributed by atoms with Gasteiger partial charge in [0.1, 0.15) is 0 Å². The summed E-state index contributed by atoms with van der Waals surface area (Å²) >= 11 is 0. The fourth-order valence-corrected chi connectivity index (χ4v) is 11.3. The van der Waals surface area contributed by atoms with Gasteiger partial charge in [-0.25, -0.2) is 0 Å². The summed E-state index contributed by atoms with van der Waals surface area (Å²) in [6.45, 7) is 8.66. The van der Waals surface area contributed by atoms with E-state index in [2.05, 4.69) is 13.8 Å². The summed E-state index contributed by atoms with van der Waals surface area (Å²) in [6.07, 6.45) is 75.6. The SMILES string of the molecule is CCCCCCCCCCCCCCCCCC(=O)OC(C)CCCCCCCCCCCCCCCC(=O)[O-].CCCCCCCCCCCCCCCCCC(=O)OC(C)CCCCCCCCCCCCCCCC(=O)[O-].[Ca+2]. The van der Waals surface area contributed by atoms with Crippen LogP contribution < -0.4 is 10.2 Å². The topological polar surface area (TPSA) is 133 Å². The number of carboxylic acid groups (broad SMARTS) is 2. The number of hydrogen-bond donors (Lipinski definition) is 0. The van der Waals surface area contributed by atoms with Crippen LogP contribution in [0.4, 0.5) is 0 Å². The molecule has 0 radical (unpaired) electrons. The molecule has 0 aliphatic heterocycles. The Bertz CT molecular complexity index is 1170. The van der Waals surface area contributed by atoms with Gasteiger partial charge in [0.15, 0.2) is 0 Å². The van der Waals surface area contributed by atoms with E-state index in [4.69, 9.17) is 9.47 Å². The van der Waals surface area contributed by atoms with Gasteiger partial charge in [0, 0.05) is 24.8 Å². The Labute approximate surface area is 534 Å². The molecule has 2 unspecified atom stereocenters. The Morgan fingerprint density at radius 1 is 0.247 bits per heavy atom. The predicted octanol–water partition coefficient (Wildman–Crippen LogP) is 21.2. The molecule has 2 atom stereocenters. The maximum atomic E-state index is 12.1. The van der Waals surface area contributed by atoms with Crippen LogP contribution in [0.3, 0.4) is 0 Å². The van der Waals surface area contributed by atoms with Crippen LogP contribution in [0.1, 0.15) is 426 Å². The minimum atomic E-state index is -0.918. The molecule has 0 amide bonds. The summed E-state index contributed by atoms with van der Waals surface area (Å²) < 4.78 is 11.3. The van der Waals surface area contributed by atoms with Crippen LogP contribution in [0.25, 0.3) is 0 Å². The first-order valence-electron chi connectivity index (χ1n) is 35.9. The van der Waals surface area contributed by atoms with Crippen molar-refractivity contribution in [3.63, 3.8) is 0 Å². The van der Waals surface area contributed by atoms with Gasteiger partial charge in [-0.3, -0.25) is 9.59 Å². The average molecular weight is 1170 g/mol. The zero-order valence-corrected chi connectivity index (χ0v) is 57.2. The van der Waals surface area contributed by atoms with Gasteiger partial charge >= 0.3 is 49.7 Å². The minimum Gasteiger partial charge on any atom is -0.550 e. The van der Waals surface area contributed by atoms with Crippen LogP contribution in [0.5, 0.6) is 0 Å². The molecule has 476 valence electrons.